The number of carbonyl (C=O) groups excluding carboxylic acids is 1. The minimum absolute atomic E-state index is 0.0592. The van der Waals surface area contributed by atoms with E-state index in [1.54, 1.807) is 14.1 Å². The molecule has 0 aliphatic carbocycles. The molecule has 1 aliphatic rings. The molecule has 1 fully saturated rings. The van der Waals surface area contributed by atoms with E-state index < -0.39 is 17.7 Å². The van der Waals surface area contributed by atoms with Gasteiger partial charge in [0.15, 0.2) is 0 Å². The summed E-state index contributed by atoms with van der Waals surface area (Å²) in [7, 11) is 3.38. The smallest absolute Gasteiger partial charge is 0.408 e. The van der Waals surface area contributed by atoms with Gasteiger partial charge in [-0.25, -0.2) is 4.79 Å². The summed E-state index contributed by atoms with van der Waals surface area (Å²) in [4.78, 5) is 26.1. The van der Waals surface area contributed by atoms with E-state index in [1.165, 1.54) is 9.80 Å². The van der Waals surface area contributed by atoms with Crippen molar-refractivity contribution in [3.63, 3.8) is 0 Å². The van der Waals surface area contributed by atoms with Gasteiger partial charge in [0, 0.05) is 19.6 Å². The van der Waals surface area contributed by atoms with E-state index in [-0.39, 0.29) is 18.6 Å². The Hall–Kier alpha value is -1.30. The van der Waals surface area contributed by atoms with Gasteiger partial charge in [0.25, 0.3) is 5.91 Å². The van der Waals surface area contributed by atoms with Crippen molar-refractivity contribution < 1.29 is 19.4 Å². The second-order valence-corrected chi connectivity index (χ2v) is 6.11. The van der Waals surface area contributed by atoms with E-state index in [1.807, 2.05) is 20.8 Å². The maximum atomic E-state index is 11.8. The van der Waals surface area contributed by atoms with Crippen molar-refractivity contribution in [2.45, 2.75) is 51.3 Å². The summed E-state index contributed by atoms with van der Waals surface area (Å²) in [6.45, 7) is 5.85. The molecule has 0 saturated carbocycles. The van der Waals surface area contributed by atoms with Gasteiger partial charge in [0.2, 0.25) is 0 Å². The first-order chi connectivity index (χ1) is 8.64. The highest BCUT2D eigenvalue weighted by molar-refractivity contribution is 5.80. The molecule has 1 rings (SSSR count). The third kappa shape index (κ3) is 3.83. The molecule has 0 bridgehead atoms. The van der Waals surface area contributed by atoms with Gasteiger partial charge in [0.05, 0.1) is 12.6 Å². The van der Waals surface area contributed by atoms with Crippen molar-refractivity contribution in [3.05, 3.63) is 0 Å². The van der Waals surface area contributed by atoms with Gasteiger partial charge in [-0.3, -0.25) is 9.69 Å². The predicted molar refractivity (Wildman–Crippen MR) is 71.1 cm³/mol. The van der Waals surface area contributed by atoms with Gasteiger partial charge < -0.3 is 14.7 Å². The number of hydrogen-bond acceptors (Lipinski definition) is 3. The average Bonchev–Trinajstić information content (AvgIpc) is 2.26. The van der Waals surface area contributed by atoms with Crippen LogP contribution in [0.15, 0.2) is 0 Å². The third-order valence-corrected chi connectivity index (χ3v) is 3.26. The highest BCUT2D eigenvalue weighted by Gasteiger charge is 2.37. The molecule has 19 heavy (non-hydrogen) atoms. The van der Waals surface area contributed by atoms with Crippen molar-refractivity contribution in [2.24, 2.45) is 0 Å². The van der Waals surface area contributed by atoms with E-state index in [4.69, 9.17) is 4.74 Å². The molecule has 1 aliphatic heterocycles. The van der Waals surface area contributed by atoms with Crippen LogP contribution in [0.3, 0.4) is 0 Å². The quantitative estimate of drug-likeness (QED) is 0.825. The molecule has 6 nitrogen and oxygen atoms in total. The zero-order chi connectivity index (χ0) is 14.8. The van der Waals surface area contributed by atoms with Crippen molar-refractivity contribution in [2.75, 3.05) is 20.7 Å². The van der Waals surface area contributed by atoms with Crippen LogP contribution in [0.4, 0.5) is 4.79 Å². The number of carboxylic acid groups (broad SMARTS) is 1. The lowest BCUT2D eigenvalue weighted by Crippen LogP contribution is -2.55. The number of hydrogen-bond donors (Lipinski definition) is 1. The van der Waals surface area contributed by atoms with Crippen LogP contribution in [-0.4, -0.2) is 65.3 Å². The predicted octanol–water partition coefficient (Wildman–Crippen LogP) is 1.40. The lowest BCUT2D eigenvalue weighted by Gasteiger charge is -2.42. The number of amides is 2. The molecule has 110 valence electrons. The minimum atomic E-state index is -0.946. The number of ether oxygens (including phenoxy) is 1. The second kappa shape index (κ2) is 5.77. The first-order valence-corrected chi connectivity index (χ1v) is 6.49. The maximum absolute atomic E-state index is 11.8. The molecular formula is C13H24N2O4. The summed E-state index contributed by atoms with van der Waals surface area (Å²) in [5.74, 6) is -0.0592. The summed E-state index contributed by atoms with van der Waals surface area (Å²) in [5, 5.41) is 9.32. The van der Waals surface area contributed by atoms with E-state index in [2.05, 4.69) is 0 Å². The first-order valence-electron chi connectivity index (χ1n) is 6.49. The number of rotatable bonds is 2. The number of carbonyl (C=O) groups is 2. The molecular weight excluding hydrogens is 248 g/mol. The molecule has 0 spiro atoms. The SMILES string of the molecule is CN(C)C(=O)[C@@H]1CC[C@@H](N(C(=O)O)C(C)(C)C)CO1. The lowest BCUT2D eigenvalue weighted by molar-refractivity contribution is -0.147. The van der Waals surface area contributed by atoms with E-state index >= 15 is 0 Å². The Labute approximate surface area is 114 Å². The zero-order valence-corrected chi connectivity index (χ0v) is 12.3. The Bertz CT molecular complexity index is 341. The fraction of sp³-hybridized carbons (Fsp3) is 0.846. The van der Waals surface area contributed by atoms with Crippen LogP contribution >= 0.6 is 0 Å². The minimum Gasteiger partial charge on any atom is -0.465 e. The summed E-state index contributed by atoms with van der Waals surface area (Å²) in [5.41, 5.74) is -0.474. The molecule has 1 heterocycles. The average molecular weight is 272 g/mol. The summed E-state index contributed by atoms with van der Waals surface area (Å²) in [6.07, 6.45) is -0.185. The standard InChI is InChI=1S/C13H24N2O4/c1-13(2,3)15(12(17)18)9-6-7-10(19-8-9)11(16)14(4)5/h9-10H,6-8H2,1-5H3,(H,17,18)/t9-,10+/m1/s1. The summed E-state index contributed by atoms with van der Waals surface area (Å²) < 4.78 is 5.54. The molecule has 0 aromatic heterocycles. The first kappa shape index (κ1) is 15.8. The highest BCUT2D eigenvalue weighted by atomic mass is 16.5. The third-order valence-electron chi connectivity index (χ3n) is 3.26. The van der Waals surface area contributed by atoms with Crippen LogP contribution in [0.25, 0.3) is 0 Å². The Morgan fingerprint density at radius 2 is 1.79 bits per heavy atom. The normalized spacial score (nSPS) is 23.8. The van der Waals surface area contributed by atoms with Crippen LogP contribution in [0, 0.1) is 0 Å². The zero-order valence-electron chi connectivity index (χ0n) is 12.3. The molecule has 0 unspecified atom stereocenters. The van der Waals surface area contributed by atoms with E-state index in [0.717, 1.165) is 0 Å². The van der Waals surface area contributed by atoms with Crippen molar-refractivity contribution in [1.29, 1.82) is 0 Å². The van der Waals surface area contributed by atoms with Gasteiger partial charge >= 0.3 is 6.09 Å². The second-order valence-electron chi connectivity index (χ2n) is 6.11. The number of likely N-dealkylation sites (N-methyl/N-ethyl adjacent to an activating group) is 1. The highest BCUT2D eigenvalue weighted by Crippen LogP contribution is 2.25. The molecule has 0 aromatic carbocycles. The van der Waals surface area contributed by atoms with Crippen LogP contribution in [0.2, 0.25) is 0 Å². The van der Waals surface area contributed by atoms with Crippen molar-refractivity contribution >= 4 is 12.0 Å². The van der Waals surface area contributed by atoms with E-state index in [9.17, 15) is 14.7 Å². The van der Waals surface area contributed by atoms with Crippen LogP contribution in [0.1, 0.15) is 33.6 Å². The largest absolute Gasteiger partial charge is 0.465 e. The van der Waals surface area contributed by atoms with Gasteiger partial charge in [-0.15, -0.1) is 0 Å². The van der Waals surface area contributed by atoms with Gasteiger partial charge in [0.1, 0.15) is 6.10 Å². The fourth-order valence-corrected chi connectivity index (χ4v) is 2.41. The lowest BCUT2D eigenvalue weighted by atomic mass is 9.97. The molecule has 6 heteroatoms. The molecule has 2 amide bonds. The Kier molecular flexibility index (Phi) is 4.79. The molecule has 1 N–H and O–H groups in total. The molecule has 0 aromatic rings. The monoisotopic (exact) mass is 272 g/mol. The van der Waals surface area contributed by atoms with Crippen molar-refractivity contribution in [1.82, 2.24) is 9.80 Å². The molecule has 1 saturated heterocycles. The van der Waals surface area contributed by atoms with Crippen molar-refractivity contribution in [3.8, 4) is 0 Å². The van der Waals surface area contributed by atoms with Gasteiger partial charge in [-0.2, -0.15) is 0 Å². The molecule has 0 radical (unpaired) electrons. The number of nitrogens with zero attached hydrogens (tertiary/aromatic N) is 2. The summed E-state index contributed by atoms with van der Waals surface area (Å²) in [6, 6.07) is -0.191. The van der Waals surface area contributed by atoms with Gasteiger partial charge in [-0.1, -0.05) is 0 Å². The Morgan fingerprint density at radius 1 is 1.21 bits per heavy atom. The van der Waals surface area contributed by atoms with Gasteiger partial charge in [-0.05, 0) is 33.6 Å². The molecule has 2 atom stereocenters. The Morgan fingerprint density at radius 3 is 2.11 bits per heavy atom. The maximum Gasteiger partial charge on any atom is 0.408 e. The fourth-order valence-electron chi connectivity index (χ4n) is 2.41. The Balaban J connectivity index is 2.67. The van der Waals surface area contributed by atoms with Crippen LogP contribution in [0.5, 0.6) is 0 Å². The topological polar surface area (TPSA) is 70.1 Å². The summed E-state index contributed by atoms with van der Waals surface area (Å²) >= 11 is 0. The van der Waals surface area contributed by atoms with Crippen LogP contribution in [-0.2, 0) is 9.53 Å². The van der Waals surface area contributed by atoms with Crippen LogP contribution < -0.4 is 0 Å². The van der Waals surface area contributed by atoms with E-state index in [0.29, 0.717) is 12.8 Å².